The van der Waals surface area contributed by atoms with Crippen LogP contribution in [0.1, 0.15) is 12.8 Å². The number of terminal acetylenes is 1. The fourth-order valence-corrected chi connectivity index (χ4v) is 2.08. The first kappa shape index (κ1) is 12.4. The van der Waals surface area contributed by atoms with Crippen LogP contribution in [0.25, 0.3) is 16.9 Å². The predicted molar refractivity (Wildman–Crippen MR) is 76.6 cm³/mol. The zero-order valence-corrected chi connectivity index (χ0v) is 10.8. The Balaban J connectivity index is 2.15. The molecule has 2 aromatic rings. The van der Waals surface area contributed by atoms with E-state index >= 15 is 0 Å². The second kappa shape index (κ2) is 4.83. The van der Waals surface area contributed by atoms with Crippen LogP contribution < -0.4 is 11.1 Å². The summed E-state index contributed by atoms with van der Waals surface area (Å²) in [6.45, 7) is 0.268. The molecule has 0 aliphatic heterocycles. The van der Waals surface area contributed by atoms with Crippen molar-refractivity contribution in [2.24, 2.45) is 0 Å². The molecule has 1 aliphatic carbocycles. The van der Waals surface area contributed by atoms with Gasteiger partial charge in [-0.2, -0.15) is 9.97 Å². The molecule has 1 aliphatic rings. The van der Waals surface area contributed by atoms with Crippen LogP contribution in [0.15, 0.2) is 11.9 Å². The Bertz CT molecular complexity index is 733. The van der Waals surface area contributed by atoms with E-state index in [-0.39, 0.29) is 12.6 Å². The summed E-state index contributed by atoms with van der Waals surface area (Å²) in [5, 5.41) is 12.5. The van der Waals surface area contributed by atoms with E-state index in [4.69, 9.17) is 12.2 Å². The lowest BCUT2D eigenvalue weighted by molar-refractivity contribution is 0.344. The molecule has 0 atom stereocenters. The number of nitrogens with two attached hydrogens (primary N) is 1. The highest BCUT2D eigenvalue weighted by atomic mass is 16.3. The highest BCUT2D eigenvalue weighted by molar-refractivity contribution is 5.86. The van der Waals surface area contributed by atoms with E-state index in [9.17, 15) is 5.11 Å². The van der Waals surface area contributed by atoms with Crippen LogP contribution in [0.5, 0.6) is 0 Å². The predicted octanol–water partition coefficient (Wildman–Crippen LogP) is 0.451. The SMILES string of the molecule is C#CCNc1nc(N)nc2c1ncn2C(CO)=C1CC1. The van der Waals surface area contributed by atoms with Crippen molar-refractivity contribution in [1.82, 2.24) is 19.5 Å². The minimum atomic E-state index is -0.0577. The minimum absolute atomic E-state index is 0.0577. The number of aliphatic hydroxyl groups excluding tert-OH is 1. The molecule has 3 rings (SSSR count). The van der Waals surface area contributed by atoms with Crippen molar-refractivity contribution in [3.8, 4) is 12.3 Å². The van der Waals surface area contributed by atoms with Gasteiger partial charge in [-0.1, -0.05) is 5.92 Å². The van der Waals surface area contributed by atoms with Crippen molar-refractivity contribution in [2.45, 2.75) is 12.8 Å². The summed E-state index contributed by atoms with van der Waals surface area (Å²) in [6.07, 6.45) is 8.85. The van der Waals surface area contributed by atoms with Crippen molar-refractivity contribution in [2.75, 3.05) is 24.2 Å². The van der Waals surface area contributed by atoms with Gasteiger partial charge in [-0.05, 0) is 18.4 Å². The first-order valence-electron chi connectivity index (χ1n) is 6.24. The van der Waals surface area contributed by atoms with E-state index in [1.54, 1.807) is 10.9 Å². The van der Waals surface area contributed by atoms with Crippen molar-refractivity contribution in [1.29, 1.82) is 0 Å². The van der Waals surface area contributed by atoms with E-state index in [1.807, 2.05) is 0 Å². The molecular weight excluding hydrogens is 256 g/mol. The van der Waals surface area contributed by atoms with Gasteiger partial charge in [0.1, 0.15) is 6.33 Å². The summed E-state index contributed by atoms with van der Waals surface area (Å²) in [5.41, 5.74) is 8.90. The third-order valence-corrected chi connectivity index (χ3v) is 3.12. The van der Waals surface area contributed by atoms with E-state index in [2.05, 4.69) is 26.2 Å². The normalized spacial score (nSPS) is 13.3. The third kappa shape index (κ3) is 2.06. The van der Waals surface area contributed by atoms with E-state index in [1.165, 1.54) is 5.57 Å². The van der Waals surface area contributed by atoms with Crippen LogP contribution in [0.3, 0.4) is 0 Å². The molecule has 102 valence electrons. The van der Waals surface area contributed by atoms with Gasteiger partial charge in [0.15, 0.2) is 17.0 Å². The number of imidazole rings is 1. The monoisotopic (exact) mass is 270 g/mol. The molecule has 0 bridgehead atoms. The molecule has 1 fully saturated rings. The number of nitrogens with zero attached hydrogens (tertiary/aromatic N) is 4. The highest BCUT2D eigenvalue weighted by Gasteiger charge is 2.21. The van der Waals surface area contributed by atoms with Crippen molar-refractivity contribution >= 4 is 28.6 Å². The summed E-state index contributed by atoms with van der Waals surface area (Å²) in [5.74, 6) is 3.11. The number of nitrogen functional groups attached to an aromatic ring is 1. The Labute approximate surface area is 115 Å². The Hall–Kier alpha value is -2.59. The van der Waals surface area contributed by atoms with Gasteiger partial charge in [0.2, 0.25) is 5.95 Å². The number of anilines is 2. The van der Waals surface area contributed by atoms with Gasteiger partial charge >= 0.3 is 0 Å². The number of rotatable bonds is 4. The Kier molecular flexibility index (Phi) is 3.00. The van der Waals surface area contributed by atoms with Crippen molar-refractivity contribution in [3.05, 3.63) is 11.9 Å². The average Bonchev–Trinajstić information content (AvgIpc) is 3.19. The Morgan fingerprint density at radius 3 is 2.95 bits per heavy atom. The summed E-state index contributed by atoms with van der Waals surface area (Å²) in [6, 6.07) is 0. The van der Waals surface area contributed by atoms with E-state index < -0.39 is 0 Å². The maximum absolute atomic E-state index is 9.52. The highest BCUT2D eigenvalue weighted by Crippen LogP contribution is 2.35. The van der Waals surface area contributed by atoms with Crippen LogP contribution >= 0.6 is 0 Å². The first-order chi connectivity index (χ1) is 9.74. The number of nitrogens with one attached hydrogen (secondary N) is 1. The van der Waals surface area contributed by atoms with Crippen LogP contribution in [-0.4, -0.2) is 37.8 Å². The molecular formula is C13H14N6O. The van der Waals surface area contributed by atoms with Crippen LogP contribution in [0.2, 0.25) is 0 Å². The van der Waals surface area contributed by atoms with Gasteiger partial charge in [0, 0.05) is 0 Å². The topological polar surface area (TPSA) is 102 Å². The van der Waals surface area contributed by atoms with Gasteiger partial charge in [-0.25, -0.2) is 4.98 Å². The number of hydrogen-bond acceptors (Lipinski definition) is 6. The van der Waals surface area contributed by atoms with Crippen LogP contribution in [-0.2, 0) is 0 Å². The summed E-state index contributed by atoms with van der Waals surface area (Å²) >= 11 is 0. The number of aliphatic hydroxyl groups is 1. The minimum Gasteiger partial charge on any atom is -0.390 e. The molecule has 0 aromatic carbocycles. The van der Waals surface area contributed by atoms with Crippen LogP contribution in [0, 0.1) is 12.3 Å². The van der Waals surface area contributed by atoms with Crippen molar-refractivity contribution < 1.29 is 5.11 Å². The molecule has 7 heteroatoms. The molecule has 0 radical (unpaired) electrons. The molecule has 20 heavy (non-hydrogen) atoms. The molecule has 0 amide bonds. The first-order valence-corrected chi connectivity index (χ1v) is 6.24. The standard InChI is InChI=1S/C13H14N6O/c1-2-5-15-11-10-12(18-13(14)17-11)19(7-16-10)9(6-20)8-3-4-8/h1,7,20H,3-6H2,(H3,14,15,17,18). The van der Waals surface area contributed by atoms with E-state index in [0.29, 0.717) is 23.5 Å². The van der Waals surface area contributed by atoms with Gasteiger partial charge in [-0.15, -0.1) is 6.42 Å². The molecule has 0 unspecified atom stereocenters. The zero-order valence-electron chi connectivity index (χ0n) is 10.8. The van der Waals surface area contributed by atoms with Gasteiger partial charge in [0.05, 0.1) is 18.8 Å². The maximum Gasteiger partial charge on any atom is 0.224 e. The largest absolute Gasteiger partial charge is 0.390 e. The number of allylic oxidation sites excluding steroid dienone is 1. The Morgan fingerprint density at radius 2 is 2.30 bits per heavy atom. The number of fused-ring (bicyclic) bond motifs is 1. The van der Waals surface area contributed by atoms with Gasteiger partial charge in [0.25, 0.3) is 0 Å². The lowest BCUT2D eigenvalue weighted by Crippen LogP contribution is -2.07. The molecule has 2 heterocycles. The van der Waals surface area contributed by atoms with Crippen molar-refractivity contribution in [3.63, 3.8) is 0 Å². The molecule has 4 N–H and O–H groups in total. The van der Waals surface area contributed by atoms with Gasteiger partial charge < -0.3 is 16.2 Å². The summed E-state index contributed by atoms with van der Waals surface area (Å²) < 4.78 is 1.76. The number of hydrogen-bond donors (Lipinski definition) is 3. The lowest BCUT2D eigenvalue weighted by Gasteiger charge is -2.07. The van der Waals surface area contributed by atoms with Gasteiger partial charge in [-0.3, -0.25) is 4.57 Å². The average molecular weight is 270 g/mol. The molecule has 0 saturated heterocycles. The fourth-order valence-electron chi connectivity index (χ4n) is 2.08. The summed E-state index contributed by atoms with van der Waals surface area (Å²) in [7, 11) is 0. The Morgan fingerprint density at radius 1 is 1.50 bits per heavy atom. The summed E-state index contributed by atoms with van der Waals surface area (Å²) in [4.78, 5) is 12.6. The van der Waals surface area contributed by atoms with Crippen LogP contribution in [0.4, 0.5) is 11.8 Å². The second-order valence-electron chi connectivity index (χ2n) is 4.48. The van der Waals surface area contributed by atoms with E-state index in [0.717, 1.165) is 18.5 Å². The number of aromatic nitrogens is 4. The molecule has 7 nitrogen and oxygen atoms in total. The molecule has 0 spiro atoms. The second-order valence-corrected chi connectivity index (χ2v) is 4.48. The zero-order chi connectivity index (χ0) is 14.1. The maximum atomic E-state index is 9.52. The quantitative estimate of drug-likeness (QED) is 0.697. The lowest BCUT2D eigenvalue weighted by atomic mass is 10.4. The third-order valence-electron chi connectivity index (χ3n) is 3.12. The fraction of sp³-hybridized carbons (Fsp3) is 0.308. The smallest absolute Gasteiger partial charge is 0.224 e. The molecule has 2 aromatic heterocycles. The molecule has 1 saturated carbocycles.